The predicted octanol–water partition coefficient (Wildman–Crippen LogP) is 3.43. The lowest BCUT2D eigenvalue weighted by molar-refractivity contribution is -0.123. The quantitative estimate of drug-likeness (QED) is 0.775. The molecule has 0 saturated heterocycles. The van der Waals surface area contributed by atoms with Crippen LogP contribution in [0.3, 0.4) is 0 Å². The first kappa shape index (κ1) is 19.3. The van der Waals surface area contributed by atoms with Crippen molar-refractivity contribution in [3.63, 3.8) is 0 Å². The summed E-state index contributed by atoms with van der Waals surface area (Å²) in [7, 11) is 0. The predicted molar refractivity (Wildman–Crippen MR) is 100 cm³/mol. The molecule has 0 atom stereocenters. The molecule has 2 aromatic carbocycles. The zero-order valence-corrected chi connectivity index (χ0v) is 15.4. The minimum Gasteiger partial charge on any atom is -0.492 e. The van der Waals surface area contributed by atoms with Crippen molar-refractivity contribution in [1.82, 2.24) is 5.32 Å². The standard InChI is InChI=1S/C21H24N2O3/c1-21(2,3)17-7-9-18(10-8-17)25-12-11-23-20(24)15-26-19-6-4-5-16(13-19)14-22/h4-10,13H,11-12,15H2,1-3H3,(H,23,24). The number of ether oxygens (including phenoxy) is 2. The molecule has 2 aromatic rings. The first-order valence-corrected chi connectivity index (χ1v) is 8.51. The Morgan fingerprint density at radius 2 is 1.81 bits per heavy atom. The van der Waals surface area contributed by atoms with Crippen LogP contribution in [0.15, 0.2) is 48.5 Å². The van der Waals surface area contributed by atoms with Crippen molar-refractivity contribution in [2.24, 2.45) is 0 Å². The van der Waals surface area contributed by atoms with Crippen LogP contribution in [0, 0.1) is 11.3 Å². The highest BCUT2D eigenvalue weighted by atomic mass is 16.5. The monoisotopic (exact) mass is 352 g/mol. The molecule has 1 N–H and O–H groups in total. The van der Waals surface area contributed by atoms with Crippen LogP contribution in [0.25, 0.3) is 0 Å². The third-order valence-corrected chi connectivity index (χ3v) is 3.75. The number of nitriles is 1. The van der Waals surface area contributed by atoms with Gasteiger partial charge in [-0.3, -0.25) is 4.79 Å². The van der Waals surface area contributed by atoms with Gasteiger partial charge in [-0.15, -0.1) is 0 Å². The Labute approximate surface area is 154 Å². The van der Waals surface area contributed by atoms with Crippen LogP contribution < -0.4 is 14.8 Å². The Bertz CT molecular complexity index is 771. The van der Waals surface area contributed by atoms with Gasteiger partial charge in [-0.1, -0.05) is 39.0 Å². The van der Waals surface area contributed by atoms with Gasteiger partial charge >= 0.3 is 0 Å². The van der Waals surface area contributed by atoms with E-state index >= 15 is 0 Å². The SMILES string of the molecule is CC(C)(C)c1ccc(OCCNC(=O)COc2cccc(C#N)c2)cc1. The zero-order chi connectivity index (χ0) is 19.0. The van der Waals surface area contributed by atoms with Crippen molar-refractivity contribution in [1.29, 1.82) is 5.26 Å². The summed E-state index contributed by atoms with van der Waals surface area (Å²) in [5.74, 6) is 1.03. The van der Waals surface area contributed by atoms with Gasteiger partial charge in [0.25, 0.3) is 5.91 Å². The first-order chi connectivity index (χ1) is 12.4. The largest absolute Gasteiger partial charge is 0.492 e. The van der Waals surface area contributed by atoms with Gasteiger partial charge in [0.2, 0.25) is 0 Å². The molecular formula is C21H24N2O3. The van der Waals surface area contributed by atoms with Gasteiger partial charge < -0.3 is 14.8 Å². The number of amides is 1. The molecule has 0 aliphatic carbocycles. The summed E-state index contributed by atoms with van der Waals surface area (Å²) in [5, 5.41) is 11.6. The minimum absolute atomic E-state index is 0.102. The molecule has 5 heteroatoms. The van der Waals surface area contributed by atoms with E-state index in [0.717, 1.165) is 5.75 Å². The van der Waals surface area contributed by atoms with Crippen molar-refractivity contribution in [2.75, 3.05) is 19.8 Å². The maximum absolute atomic E-state index is 11.8. The van der Waals surface area contributed by atoms with Gasteiger partial charge in [0, 0.05) is 0 Å². The van der Waals surface area contributed by atoms with Gasteiger partial charge in [0.05, 0.1) is 18.2 Å². The summed E-state index contributed by atoms with van der Waals surface area (Å²) in [4.78, 5) is 11.8. The molecule has 2 rings (SSSR count). The molecule has 0 aliphatic heterocycles. The fourth-order valence-corrected chi connectivity index (χ4v) is 2.27. The van der Waals surface area contributed by atoms with Gasteiger partial charge in [0.1, 0.15) is 18.1 Å². The number of rotatable bonds is 7. The summed E-state index contributed by atoms with van der Waals surface area (Å²) in [6, 6.07) is 16.7. The van der Waals surface area contributed by atoms with Crippen LogP contribution in [-0.2, 0) is 10.2 Å². The second kappa shape index (κ2) is 8.91. The fraction of sp³-hybridized carbons (Fsp3) is 0.333. The summed E-state index contributed by atoms with van der Waals surface area (Å²) < 4.78 is 11.0. The van der Waals surface area contributed by atoms with E-state index in [1.54, 1.807) is 24.3 Å². The van der Waals surface area contributed by atoms with Crippen molar-refractivity contribution in [3.05, 3.63) is 59.7 Å². The molecule has 0 unspecified atom stereocenters. The number of carbonyl (C=O) groups excluding carboxylic acids is 1. The van der Waals surface area contributed by atoms with Gasteiger partial charge in [-0.05, 0) is 41.3 Å². The molecule has 0 saturated carbocycles. The highest BCUT2D eigenvalue weighted by Gasteiger charge is 2.12. The topological polar surface area (TPSA) is 71.3 Å². The number of nitrogens with zero attached hydrogens (tertiary/aromatic N) is 1. The maximum Gasteiger partial charge on any atom is 0.258 e. The zero-order valence-electron chi connectivity index (χ0n) is 15.4. The molecule has 0 bridgehead atoms. The van der Waals surface area contributed by atoms with Crippen molar-refractivity contribution >= 4 is 5.91 Å². The molecule has 0 aromatic heterocycles. The third kappa shape index (κ3) is 6.14. The van der Waals surface area contributed by atoms with Crippen LogP contribution in [0.5, 0.6) is 11.5 Å². The number of hydrogen-bond donors (Lipinski definition) is 1. The van der Waals surface area contributed by atoms with E-state index in [1.807, 2.05) is 18.2 Å². The molecular weight excluding hydrogens is 328 g/mol. The highest BCUT2D eigenvalue weighted by Crippen LogP contribution is 2.24. The molecule has 1 amide bonds. The van der Waals surface area contributed by atoms with Crippen molar-refractivity contribution < 1.29 is 14.3 Å². The summed E-state index contributed by atoms with van der Waals surface area (Å²) in [6.45, 7) is 7.16. The van der Waals surface area contributed by atoms with Crippen LogP contribution in [0.4, 0.5) is 0 Å². The van der Waals surface area contributed by atoms with E-state index in [0.29, 0.717) is 24.5 Å². The molecule has 0 fully saturated rings. The Balaban J connectivity index is 1.67. The highest BCUT2D eigenvalue weighted by molar-refractivity contribution is 5.77. The number of nitrogens with one attached hydrogen (secondary N) is 1. The first-order valence-electron chi connectivity index (χ1n) is 8.51. The van der Waals surface area contributed by atoms with Crippen molar-refractivity contribution in [2.45, 2.75) is 26.2 Å². The molecule has 0 aliphatic rings. The molecule has 0 spiro atoms. The summed E-state index contributed by atoms with van der Waals surface area (Å²) in [5.41, 5.74) is 1.85. The van der Waals surface area contributed by atoms with E-state index in [4.69, 9.17) is 14.7 Å². The lowest BCUT2D eigenvalue weighted by Gasteiger charge is -2.19. The number of carbonyl (C=O) groups is 1. The van der Waals surface area contributed by atoms with Crippen molar-refractivity contribution in [3.8, 4) is 17.6 Å². The van der Waals surface area contributed by atoms with E-state index < -0.39 is 0 Å². The Morgan fingerprint density at radius 1 is 1.08 bits per heavy atom. The van der Waals surface area contributed by atoms with Crippen LogP contribution in [0.1, 0.15) is 31.9 Å². The van der Waals surface area contributed by atoms with Gasteiger partial charge in [-0.2, -0.15) is 5.26 Å². The molecule has 136 valence electrons. The smallest absolute Gasteiger partial charge is 0.258 e. The average molecular weight is 352 g/mol. The van der Waals surface area contributed by atoms with Gasteiger partial charge in [-0.25, -0.2) is 0 Å². The molecule has 0 heterocycles. The normalized spacial score (nSPS) is 10.7. The van der Waals surface area contributed by atoms with Gasteiger partial charge in [0.15, 0.2) is 6.61 Å². The Kier molecular flexibility index (Phi) is 6.62. The fourth-order valence-electron chi connectivity index (χ4n) is 2.27. The van der Waals surface area contributed by atoms with E-state index in [-0.39, 0.29) is 17.9 Å². The lowest BCUT2D eigenvalue weighted by Crippen LogP contribution is -2.32. The molecule has 26 heavy (non-hydrogen) atoms. The van der Waals surface area contributed by atoms with Crippen LogP contribution >= 0.6 is 0 Å². The maximum atomic E-state index is 11.8. The van der Waals surface area contributed by atoms with Crippen LogP contribution in [0.2, 0.25) is 0 Å². The summed E-state index contributed by atoms with van der Waals surface area (Å²) in [6.07, 6.45) is 0. The van der Waals surface area contributed by atoms with Crippen LogP contribution in [-0.4, -0.2) is 25.7 Å². The third-order valence-electron chi connectivity index (χ3n) is 3.75. The second-order valence-electron chi connectivity index (χ2n) is 6.90. The number of hydrogen-bond acceptors (Lipinski definition) is 4. The minimum atomic E-state index is -0.237. The molecule has 0 radical (unpaired) electrons. The Morgan fingerprint density at radius 3 is 2.46 bits per heavy atom. The van der Waals surface area contributed by atoms with E-state index in [9.17, 15) is 4.79 Å². The number of benzene rings is 2. The second-order valence-corrected chi connectivity index (χ2v) is 6.90. The van der Waals surface area contributed by atoms with E-state index in [2.05, 4.69) is 38.2 Å². The molecule has 5 nitrogen and oxygen atoms in total. The summed E-state index contributed by atoms with van der Waals surface area (Å²) >= 11 is 0. The Hall–Kier alpha value is -3.00. The average Bonchev–Trinajstić information content (AvgIpc) is 2.63. The lowest BCUT2D eigenvalue weighted by atomic mass is 9.87. The van der Waals surface area contributed by atoms with E-state index in [1.165, 1.54) is 5.56 Å².